The number of carbonyl (C=O) groups is 2. The fourth-order valence-electron chi connectivity index (χ4n) is 3.57. The lowest BCUT2D eigenvalue weighted by molar-refractivity contribution is -0.155. The van der Waals surface area contributed by atoms with E-state index in [1.807, 2.05) is 48.5 Å². The molecule has 9 heteroatoms. The van der Waals surface area contributed by atoms with Gasteiger partial charge in [0.05, 0.1) is 6.61 Å². The van der Waals surface area contributed by atoms with Gasteiger partial charge in [-0.2, -0.15) is 13.1 Å². The number of ether oxygens (including phenoxy) is 2. The molecule has 0 aromatic rings. The summed E-state index contributed by atoms with van der Waals surface area (Å²) in [7, 11) is -3.92. The zero-order valence-corrected chi connectivity index (χ0v) is 23.2. The van der Waals surface area contributed by atoms with Gasteiger partial charge in [0.1, 0.15) is 11.2 Å². The molecule has 0 aliphatic heterocycles. The van der Waals surface area contributed by atoms with Crippen molar-refractivity contribution in [2.75, 3.05) is 6.61 Å². The van der Waals surface area contributed by atoms with E-state index in [4.69, 9.17) is 13.7 Å². The topological polar surface area (TPSA) is 108 Å². The molecular weight excluding hydrogens is 446 g/mol. The summed E-state index contributed by atoms with van der Waals surface area (Å²) in [6.07, 6.45) is 3.21. The zero-order valence-electron chi connectivity index (χ0n) is 22.4. The van der Waals surface area contributed by atoms with E-state index >= 15 is 0 Å². The smallest absolute Gasteiger partial charge is 0.336 e. The van der Waals surface area contributed by atoms with Crippen LogP contribution in [0, 0.1) is 5.41 Å². The minimum absolute atomic E-state index is 0.0476. The molecule has 0 aromatic carbocycles. The van der Waals surface area contributed by atoms with Crippen molar-refractivity contribution in [2.45, 2.75) is 131 Å². The Morgan fingerprint density at radius 1 is 0.727 bits per heavy atom. The molecule has 0 bridgehead atoms. The SMILES string of the molecule is CCCC(CCOS(=O)(=O)NC(C)(C)C)(CCC(=O)OC(C)(C)C)CCC(=O)OC(C)(C)C. The first-order chi connectivity index (χ1) is 14.7. The summed E-state index contributed by atoms with van der Waals surface area (Å²) in [6, 6.07) is 0. The van der Waals surface area contributed by atoms with E-state index in [1.54, 1.807) is 20.8 Å². The molecule has 0 amide bonds. The fourth-order valence-corrected chi connectivity index (χ4v) is 4.68. The van der Waals surface area contributed by atoms with E-state index < -0.39 is 32.5 Å². The molecule has 0 aromatic heterocycles. The highest BCUT2D eigenvalue weighted by Crippen LogP contribution is 2.39. The monoisotopic (exact) mass is 493 g/mol. The molecule has 0 aliphatic carbocycles. The molecule has 1 N–H and O–H groups in total. The molecule has 0 aliphatic rings. The van der Waals surface area contributed by atoms with E-state index in [1.165, 1.54) is 0 Å². The second-order valence-electron chi connectivity index (χ2n) is 11.8. The molecule has 0 fully saturated rings. The molecule has 0 radical (unpaired) electrons. The van der Waals surface area contributed by atoms with Crippen molar-refractivity contribution < 1.29 is 31.7 Å². The largest absolute Gasteiger partial charge is 0.460 e. The quantitative estimate of drug-likeness (QED) is 0.357. The van der Waals surface area contributed by atoms with Crippen LogP contribution in [0.1, 0.15) is 114 Å². The molecular formula is C24H47NO7S. The van der Waals surface area contributed by atoms with Crippen LogP contribution in [0.3, 0.4) is 0 Å². The number of carbonyl (C=O) groups excluding carboxylic acids is 2. The van der Waals surface area contributed by atoms with Crippen LogP contribution in [0.4, 0.5) is 0 Å². The normalized spacial score (nSPS) is 13.6. The summed E-state index contributed by atoms with van der Waals surface area (Å²) >= 11 is 0. The van der Waals surface area contributed by atoms with Gasteiger partial charge >= 0.3 is 22.2 Å². The van der Waals surface area contributed by atoms with Crippen LogP contribution in [-0.4, -0.2) is 43.7 Å². The Morgan fingerprint density at radius 2 is 1.15 bits per heavy atom. The van der Waals surface area contributed by atoms with Crippen LogP contribution < -0.4 is 4.72 Å². The molecule has 0 unspecified atom stereocenters. The average molecular weight is 494 g/mol. The van der Waals surface area contributed by atoms with Crippen molar-refractivity contribution in [1.82, 2.24) is 4.72 Å². The summed E-state index contributed by atoms with van der Waals surface area (Å²) in [5, 5.41) is 0. The molecule has 33 heavy (non-hydrogen) atoms. The van der Waals surface area contributed by atoms with Gasteiger partial charge in [0.15, 0.2) is 0 Å². The predicted octanol–water partition coefficient (Wildman–Crippen LogP) is 5.06. The molecule has 0 heterocycles. The molecule has 0 spiro atoms. The lowest BCUT2D eigenvalue weighted by Gasteiger charge is -2.34. The van der Waals surface area contributed by atoms with Crippen molar-refractivity contribution >= 4 is 22.2 Å². The fraction of sp³-hybridized carbons (Fsp3) is 0.917. The van der Waals surface area contributed by atoms with Crippen LogP contribution in [0.2, 0.25) is 0 Å². The third-order valence-electron chi connectivity index (χ3n) is 4.64. The Morgan fingerprint density at radius 3 is 1.48 bits per heavy atom. The third-order valence-corrected chi connectivity index (χ3v) is 5.98. The highest BCUT2D eigenvalue weighted by Gasteiger charge is 2.33. The Bertz CT molecular complexity index is 693. The summed E-state index contributed by atoms with van der Waals surface area (Å²) in [5.74, 6) is -0.633. The Balaban J connectivity index is 5.44. The second-order valence-corrected chi connectivity index (χ2v) is 13.1. The van der Waals surface area contributed by atoms with Gasteiger partial charge in [-0.15, -0.1) is 0 Å². The van der Waals surface area contributed by atoms with E-state index in [-0.39, 0.29) is 31.4 Å². The first kappa shape index (κ1) is 31.8. The number of hydrogen-bond acceptors (Lipinski definition) is 7. The minimum Gasteiger partial charge on any atom is -0.460 e. The van der Waals surface area contributed by atoms with Crippen molar-refractivity contribution in [3.8, 4) is 0 Å². The summed E-state index contributed by atoms with van der Waals surface area (Å²) in [4.78, 5) is 24.7. The standard InChI is InChI=1S/C24H47NO7S/c1-11-14-24(15-12-19(26)31-22(5,6)7,16-13-20(27)32-23(8,9)10)17-18-30-33(28,29)25-21(2,3)4/h25H,11-18H2,1-10H3. The van der Waals surface area contributed by atoms with Gasteiger partial charge in [0.25, 0.3) is 0 Å². The zero-order chi connectivity index (χ0) is 26.1. The van der Waals surface area contributed by atoms with Gasteiger partial charge in [-0.05, 0) is 93.4 Å². The van der Waals surface area contributed by atoms with Gasteiger partial charge in [-0.1, -0.05) is 13.3 Å². The van der Waals surface area contributed by atoms with Crippen LogP contribution in [0.5, 0.6) is 0 Å². The first-order valence-electron chi connectivity index (χ1n) is 11.8. The van der Waals surface area contributed by atoms with Crippen molar-refractivity contribution in [1.29, 1.82) is 0 Å². The van der Waals surface area contributed by atoms with Crippen LogP contribution in [-0.2, 0) is 33.6 Å². The Kier molecular flexibility index (Phi) is 12.0. The summed E-state index contributed by atoms with van der Waals surface area (Å²) in [6.45, 7) is 18.1. The van der Waals surface area contributed by atoms with Gasteiger partial charge < -0.3 is 9.47 Å². The van der Waals surface area contributed by atoms with E-state index in [0.29, 0.717) is 25.7 Å². The maximum absolute atomic E-state index is 12.4. The highest BCUT2D eigenvalue weighted by atomic mass is 32.2. The van der Waals surface area contributed by atoms with E-state index in [2.05, 4.69) is 4.72 Å². The second kappa shape index (κ2) is 12.5. The maximum Gasteiger partial charge on any atom is 0.336 e. The first-order valence-corrected chi connectivity index (χ1v) is 13.2. The molecule has 0 saturated carbocycles. The van der Waals surface area contributed by atoms with Crippen LogP contribution in [0.25, 0.3) is 0 Å². The van der Waals surface area contributed by atoms with Gasteiger partial charge in [0, 0.05) is 18.4 Å². The average Bonchev–Trinajstić information content (AvgIpc) is 2.53. The number of rotatable bonds is 13. The highest BCUT2D eigenvalue weighted by molar-refractivity contribution is 7.84. The van der Waals surface area contributed by atoms with Gasteiger partial charge in [-0.3, -0.25) is 13.8 Å². The molecule has 8 nitrogen and oxygen atoms in total. The van der Waals surface area contributed by atoms with Crippen molar-refractivity contribution in [3.63, 3.8) is 0 Å². The van der Waals surface area contributed by atoms with Gasteiger partial charge in [0.2, 0.25) is 0 Å². The molecule has 0 atom stereocenters. The lowest BCUT2D eigenvalue weighted by Crippen LogP contribution is -2.41. The summed E-state index contributed by atoms with van der Waals surface area (Å²) < 4.78 is 43.1. The predicted molar refractivity (Wildman–Crippen MR) is 130 cm³/mol. The van der Waals surface area contributed by atoms with E-state index in [9.17, 15) is 18.0 Å². The maximum atomic E-state index is 12.4. The molecule has 0 rings (SSSR count). The van der Waals surface area contributed by atoms with Crippen LogP contribution in [0.15, 0.2) is 0 Å². The van der Waals surface area contributed by atoms with Crippen LogP contribution >= 0.6 is 0 Å². The lowest BCUT2D eigenvalue weighted by atomic mass is 9.73. The number of hydrogen-bond donors (Lipinski definition) is 1. The Hall–Kier alpha value is -1.19. The molecule has 0 saturated heterocycles. The van der Waals surface area contributed by atoms with Gasteiger partial charge in [-0.25, -0.2) is 0 Å². The third kappa shape index (κ3) is 17.0. The summed E-state index contributed by atoms with van der Waals surface area (Å²) in [5.41, 5.74) is -2.29. The number of esters is 2. The van der Waals surface area contributed by atoms with Crippen molar-refractivity contribution in [2.24, 2.45) is 5.41 Å². The molecule has 196 valence electrons. The van der Waals surface area contributed by atoms with E-state index in [0.717, 1.165) is 6.42 Å². The number of nitrogens with one attached hydrogen (secondary N) is 1. The Labute approximate surface area is 201 Å². The van der Waals surface area contributed by atoms with Crippen molar-refractivity contribution in [3.05, 3.63) is 0 Å². The minimum atomic E-state index is -3.92.